The topological polar surface area (TPSA) is 53.1 Å². The Labute approximate surface area is 198 Å². The predicted octanol–water partition coefficient (Wildman–Crippen LogP) is 3.92. The van der Waals surface area contributed by atoms with E-state index in [9.17, 15) is 9.59 Å². The van der Waals surface area contributed by atoms with Crippen molar-refractivity contribution < 1.29 is 18.7 Å². The average molecular weight is 472 g/mol. The first kappa shape index (κ1) is 22.5. The molecule has 8 heteroatoms. The maximum absolute atomic E-state index is 15.8. The summed E-state index contributed by atoms with van der Waals surface area (Å²) in [5, 5.41) is 2.04. The molecule has 0 radical (unpaired) electrons. The fourth-order valence-corrected chi connectivity index (χ4v) is 7.25. The van der Waals surface area contributed by atoms with E-state index >= 15 is 4.39 Å². The standard InChI is InChI=1S/C25H30FN3O3S/c1-6-29-13(3)9-28(10-14(29)4)21-17(26)8-16-19-18-15(11-27(5)22(19)21)12-33-24(18)20(23(16)30)25(31)32-7-2/h8,12-14,18H,6-7,9-11H2,1-5H3/t13-,14+,18?. The Bertz CT molecular complexity index is 1100. The van der Waals surface area contributed by atoms with Crippen LogP contribution in [0.2, 0.25) is 0 Å². The van der Waals surface area contributed by atoms with E-state index in [4.69, 9.17) is 4.74 Å². The number of carbonyl (C=O) groups excluding carboxylic acids is 2. The minimum absolute atomic E-state index is 0.0621. The molecule has 1 aromatic rings. The van der Waals surface area contributed by atoms with Gasteiger partial charge in [-0.1, -0.05) is 6.92 Å². The van der Waals surface area contributed by atoms with Gasteiger partial charge in [0, 0.05) is 60.7 Å². The molecule has 3 aliphatic heterocycles. The van der Waals surface area contributed by atoms with Gasteiger partial charge in [0.2, 0.25) is 5.78 Å². The number of hydrogen-bond acceptors (Lipinski definition) is 7. The highest BCUT2D eigenvalue weighted by Gasteiger charge is 2.47. The van der Waals surface area contributed by atoms with Gasteiger partial charge >= 0.3 is 5.97 Å². The van der Waals surface area contributed by atoms with E-state index in [0.29, 0.717) is 24.3 Å². The molecule has 0 amide bonds. The second-order valence-electron chi connectivity index (χ2n) is 9.34. The first-order chi connectivity index (χ1) is 15.8. The first-order valence-corrected chi connectivity index (χ1v) is 12.6. The van der Waals surface area contributed by atoms with Gasteiger partial charge in [-0.25, -0.2) is 9.18 Å². The largest absolute Gasteiger partial charge is 0.462 e. The average Bonchev–Trinajstić information content (AvgIpc) is 3.16. The highest BCUT2D eigenvalue weighted by Crippen LogP contribution is 2.58. The van der Waals surface area contributed by atoms with Crippen molar-refractivity contribution >= 4 is 34.9 Å². The van der Waals surface area contributed by atoms with Gasteiger partial charge in [-0.05, 0) is 44.4 Å². The molecule has 0 N–H and O–H groups in total. The van der Waals surface area contributed by atoms with Gasteiger partial charge in [-0.15, -0.1) is 11.8 Å². The second kappa shape index (κ2) is 8.17. The number of likely N-dealkylation sites (N-methyl/N-ethyl adjacent to an activating group) is 2. The number of piperazine rings is 1. The third-order valence-corrected chi connectivity index (χ3v) is 8.42. The molecule has 176 valence electrons. The number of anilines is 2. The maximum Gasteiger partial charge on any atom is 0.343 e. The number of ether oxygens (including phenoxy) is 1. The summed E-state index contributed by atoms with van der Waals surface area (Å²) in [5.74, 6) is -1.64. The molecule has 1 aromatic carbocycles. The van der Waals surface area contributed by atoms with Gasteiger partial charge in [0.25, 0.3) is 0 Å². The van der Waals surface area contributed by atoms with Crippen molar-refractivity contribution in [3.63, 3.8) is 0 Å². The van der Waals surface area contributed by atoms with E-state index in [1.54, 1.807) is 6.92 Å². The van der Waals surface area contributed by atoms with Crippen LogP contribution in [0.1, 0.15) is 49.5 Å². The van der Waals surface area contributed by atoms with Crippen LogP contribution >= 0.6 is 11.8 Å². The second-order valence-corrected chi connectivity index (χ2v) is 10.3. The summed E-state index contributed by atoms with van der Waals surface area (Å²) in [5.41, 5.74) is 3.68. The Kier molecular flexibility index (Phi) is 5.56. The first-order valence-electron chi connectivity index (χ1n) is 11.7. The van der Waals surface area contributed by atoms with Crippen molar-refractivity contribution in [2.75, 3.05) is 49.6 Å². The highest BCUT2D eigenvalue weighted by molar-refractivity contribution is 8.06. The Balaban J connectivity index is 1.68. The van der Waals surface area contributed by atoms with Crippen LogP contribution in [0.4, 0.5) is 15.8 Å². The number of ketones is 1. The number of esters is 1. The minimum atomic E-state index is -0.617. The normalized spacial score (nSPS) is 26.5. The number of hydrogen-bond donors (Lipinski definition) is 0. The Hall–Kier alpha value is -2.32. The van der Waals surface area contributed by atoms with Crippen molar-refractivity contribution in [3.05, 3.63) is 44.5 Å². The van der Waals surface area contributed by atoms with E-state index < -0.39 is 17.6 Å². The van der Waals surface area contributed by atoms with Crippen LogP contribution in [0.15, 0.2) is 27.5 Å². The zero-order chi connectivity index (χ0) is 23.6. The molecule has 3 atom stereocenters. The Morgan fingerprint density at radius 2 is 1.91 bits per heavy atom. The molecule has 5 rings (SSSR count). The lowest BCUT2D eigenvalue weighted by Crippen LogP contribution is -2.57. The smallest absolute Gasteiger partial charge is 0.343 e. The molecule has 6 nitrogen and oxygen atoms in total. The summed E-state index contributed by atoms with van der Waals surface area (Å²) in [4.78, 5) is 33.6. The molecular weight excluding hydrogens is 441 g/mol. The molecule has 1 saturated heterocycles. The highest BCUT2D eigenvalue weighted by atomic mass is 32.2. The number of rotatable bonds is 4. The molecule has 1 aliphatic carbocycles. The van der Waals surface area contributed by atoms with Gasteiger partial charge in [0.1, 0.15) is 11.4 Å². The molecule has 3 heterocycles. The van der Waals surface area contributed by atoms with Crippen molar-refractivity contribution in [2.45, 2.75) is 45.7 Å². The lowest BCUT2D eigenvalue weighted by atomic mass is 9.75. The van der Waals surface area contributed by atoms with Gasteiger partial charge in [0.05, 0.1) is 18.0 Å². The SMILES string of the molecule is CCOC(=O)C1=C2SC=C3CN(C)c4c(c(cc(F)c4N4C[C@@H](C)N(CC)[C@@H](C)C4)C1=O)C32. The summed E-state index contributed by atoms with van der Waals surface area (Å²) < 4.78 is 21.0. The number of carbonyl (C=O) groups is 2. The molecule has 1 unspecified atom stereocenters. The molecule has 0 spiro atoms. The minimum Gasteiger partial charge on any atom is -0.462 e. The van der Waals surface area contributed by atoms with E-state index in [2.05, 4.69) is 35.5 Å². The lowest BCUT2D eigenvalue weighted by molar-refractivity contribution is -0.138. The van der Waals surface area contributed by atoms with E-state index in [1.165, 1.54) is 17.8 Å². The molecule has 0 saturated carbocycles. The van der Waals surface area contributed by atoms with Gasteiger partial charge in [0.15, 0.2) is 0 Å². The number of halogens is 1. The number of allylic oxidation sites excluding steroid dienone is 1. The van der Waals surface area contributed by atoms with Gasteiger partial charge in [-0.2, -0.15) is 0 Å². The summed E-state index contributed by atoms with van der Waals surface area (Å²) in [6, 6.07) is 1.94. The summed E-state index contributed by atoms with van der Waals surface area (Å²) >= 11 is 1.43. The maximum atomic E-state index is 15.8. The number of thioether (sulfide) groups is 1. The Morgan fingerprint density at radius 3 is 2.55 bits per heavy atom. The third kappa shape index (κ3) is 3.25. The zero-order valence-corrected chi connectivity index (χ0v) is 20.6. The summed E-state index contributed by atoms with van der Waals surface area (Å²) in [7, 11) is 1.96. The van der Waals surface area contributed by atoms with Crippen molar-refractivity contribution in [3.8, 4) is 0 Å². The van der Waals surface area contributed by atoms with Crippen LogP contribution in [0.25, 0.3) is 0 Å². The van der Waals surface area contributed by atoms with Crippen LogP contribution in [-0.4, -0.2) is 68.6 Å². The molecule has 0 bridgehead atoms. The lowest BCUT2D eigenvalue weighted by Gasteiger charge is -2.47. The molecule has 33 heavy (non-hydrogen) atoms. The molecule has 1 fully saturated rings. The fraction of sp³-hybridized carbons (Fsp3) is 0.520. The Morgan fingerprint density at radius 1 is 1.21 bits per heavy atom. The van der Waals surface area contributed by atoms with Crippen LogP contribution < -0.4 is 9.80 Å². The zero-order valence-electron chi connectivity index (χ0n) is 19.8. The van der Waals surface area contributed by atoms with Gasteiger partial charge in [-0.3, -0.25) is 9.69 Å². The monoisotopic (exact) mass is 471 g/mol. The van der Waals surface area contributed by atoms with Crippen LogP contribution in [0, 0.1) is 5.82 Å². The van der Waals surface area contributed by atoms with Crippen molar-refractivity contribution in [2.24, 2.45) is 0 Å². The number of nitrogens with zero attached hydrogens (tertiary/aromatic N) is 3. The van der Waals surface area contributed by atoms with Crippen LogP contribution in [0.5, 0.6) is 0 Å². The quantitative estimate of drug-likeness (QED) is 0.487. The van der Waals surface area contributed by atoms with Crippen molar-refractivity contribution in [1.82, 2.24) is 4.90 Å². The third-order valence-electron chi connectivity index (χ3n) is 7.31. The number of benzene rings is 1. The van der Waals surface area contributed by atoms with Crippen molar-refractivity contribution in [1.29, 1.82) is 0 Å². The van der Waals surface area contributed by atoms with E-state index in [0.717, 1.165) is 41.4 Å². The summed E-state index contributed by atoms with van der Waals surface area (Å²) in [6.07, 6.45) is 0. The molecule has 0 aromatic heterocycles. The molecular formula is C25H30FN3O3S. The van der Waals surface area contributed by atoms with E-state index in [-0.39, 0.29) is 23.7 Å². The van der Waals surface area contributed by atoms with E-state index in [1.807, 2.05) is 12.5 Å². The molecule has 4 aliphatic rings. The van der Waals surface area contributed by atoms with Crippen LogP contribution in [-0.2, 0) is 9.53 Å². The van der Waals surface area contributed by atoms with Crippen LogP contribution in [0.3, 0.4) is 0 Å². The summed E-state index contributed by atoms with van der Waals surface area (Å²) in [6.45, 7) is 11.5. The fourth-order valence-electron chi connectivity index (χ4n) is 6.06. The number of Topliss-reactive ketones (excluding diaryl/α,β-unsaturated/α-hetero) is 1. The predicted molar refractivity (Wildman–Crippen MR) is 130 cm³/mol. The van der Waals surface area contributed by atoms with Gasteiger partial charge < -0.3 is 14.5 Å².